The highest BCUT2D eigenvalue weighted by molar-refractivity contribution is 7.08. The average Bonchev–Trinajstić information content (AvgIpc) is 3.23. The molecule has 0 saturated heterocycles. The molecular weight excluding hydrogens is 317 g/mol. The second kappa shape index (κ2) is 7.15. The summed E-state index contributed by atoms with van der Waals surface area (Å²) in [5.41, 5.74) is 1.75. The van der Waals surface area contributed by atoms with Crippen molar-refractivity contribution in [2.75, 3.05) is 0 Å². The Kier molecular flexibility index (Phi) is 4.77. The van der Waals surface area contributed by atoms with Crippen LogP contribution in [-0.2, 0) is 17.8 Å². The lowest BCUT2D eigenvalue weighted by atomic mass is 10.2. The molecule has 1 N–H and O–H groups in total. The molecule has 1 amide bonds. The Labute approximate surface area is 136 Å². The fraction of sp³-hybridized carbons (Fsp3) is 0.188. The molecule has 118 valence electrons. The van der Waals surface area contributed by atoms with Crippen molar-refractivity contribution in [1.29, 1.82) is 0 Å². The molecule has 0 spiro atoms. The number of benzene rings is 1. The van der Waals surface area contributed by atoms with Crippen LogP contribution in [0, 0.1) is 5.82 Å². The van der Waals surface area contributed by atoms with E-state index in [4.69, 9.17) is 4.52 Å². The van der Waals surface area contributed by atoms with E-state index in [1.165, 1.54) is 12.1 Å². The largest absolute Gasteiger partial charge is 0.352 e. The Morgan fingerprint density at radius 3 is 2.83 bits per heavy atom. The summed E-state index contributed by atoms with van der Waals surface area (Å²) in [7, 11) is 0. The number of hydrogen-bond donors (Lipinski definition) is 1. The number of aryl methyl sites for hydroxylation is 1. The molecule has 5 nitrogen and oxygen atoms in total. The Balaban J connectivity index is 1.46. The number of carbonyl (C=O) groups is 1. The molecule has 0 aliphatic heterocycles. The van der Waals surface area contributed by atoms with Gasteiger partial charge in [0.15, 0.2) is 0 Å². The van der Waals surface area contributed by atoms with Crippen molar-refractivity contribution < 1.29 is 13.7 Å². The molecule has 2 heterocycles. The minimum atomic E-state index is -0.294. The summed E-state index contributed by atoms with van der Waals surface area (Å²) in [5.74, 6) is 0.554. The van der Waals surface area contributed by atoms with Crippen LogP contribution in [0.2, 0.25) is 0 Å². The lowest BCUT2D eigenvalue weighted by Crippen LogP contribution is -2.23. The van der Waals surface area contributed by atoms with Gasteiger partial charge in [-0.05, 0) is 29.1 Å². The zero-order valence-corrected chi connectivity index (χ0v) is 13.0. The van der Waals surface area contributed by atoms with Crippen LogP contribution in [-0.4, -0.2) is 16.0 Å². The number of thiophene rings is 1. The summed E-state index contributed by atoms with van der Waals surface area (Å²) in [6.07, 6.45) is 0.638. The van der Waals surface area contributed by atoms with Crippen molar-refractivity contribution in [2.45, 2.75) is 19.4 Å². The summed E-state index contributed by atoms with van der Waals surface area (Å²) in [6, 6.07) is 7.92. The predicted octanol–water partition coefficient (Wildman–Crippen LogP) is 3.19. The molecule has 0 aliphatic rings. The van der Waals surface area contributed by atoms with Gasteiger partial charge in [0.1, 0.15) is 5.82 Å². The Morgan fingerprint density at radius 1 is 1.26 bits per heavy atom. The Bertz CT molecular complexity index is 769. The smallest absolute Gasteiger partial charge is 0.227 e. The van der Waals surface area contributed by atoms with Crippen LogP contribution in [0.4, 0.5) is 4.39 Å². The number of nitrogens with one attached hydrogen (secondary N) is 1. The standard InChI is InChI=1S/C16H14FN3O2S/c17-13-3-1-11(2-4-13)9-18-14(21)5-6-15-19-16(20-22-15)12-7-8-23-10-12/h1-4,7-8,10H,5-6,9H2,(H,18,21). The highest BCUT2D eigenvalue weighted by Gasteiger charge is 2.10. The highest BCUT2D eigenvalue weighted by Crippen LogP contribution is 2.18. The average molecular weight is 331 g/mol. The molecule has 0 saturated carbocycles. The summed E-state index contributed by atoms with van der Waals surface area (Å²) in [6.45, 7) is 0.364. The molecular formula is C16H14FN3O2S. The van der Waals surface area contributed by atoms with Crippen molar-refractivity contribution in [2.24, 2.45) is 0 Å². The normalized spacial score (nSPS) is 10.7. The van der Waals surface area contributed by atoms with Gasteiger partial charge in [-0.15, -0.1) is 0 Å². The third kappa shape index (κ3) is 4.23. The van der Waals surface area contributed by atoms with Crippen LogP contribution in [0.5, 0.6) is 0 Å². The van der Waals surface area contributed by atoms with Crippen LogP contribution < -0.4 is 5.32 Å². The van der Waals surface area contributed by atoms with E-state index < -0.39 is 0 Å². The summed E-state index contributed by atoms with van der Waals surface area (Å²) < 4.78 is 17.9. The highest BCUT2D eigenvalue weighted by atomic mass is 32.1. The minimum absolute atomic E-state index is 0.121. The van der Waals surface area contributed by atoms with Crippen molar-refractivity contribution in [3.8, 4) is 11.4 Å². The van der Waals surface area contributed by atoms with Crippen LogP contribution in [0.1, 0.15) is 17.9 Å². The molecule has 0 atom stereocenters. The quantitative estimate of drug-likeness (QED) is 0.753. The molecule has 0 fully saturated rings. The molecule has 3 rings (SSSR count). The van der Waals surface area contributed by atoms with E-state index >= 15 is 0 Å². The van der Waals surface area contributed by atoms with E-state index in [9.17, 15) is 9.18 Å². The zero-order valence-electron chi connectivity index (χ0n) is 12.2. The van der Waals surface area contributed by atoms with Gasteiger partial charge in [0.2, 0.25) is 17.6 Å². The molecule has 0 aliphatic carbocycles. The SMILES string of the molecule is O=C(CCc1nc(-c2ccsc2)no1)NCc1ccc(F)cc1. The number of aromatic nitrogens is 2. The van der Waals surface area contributed by atoms with Gasteiger partial charge < -0.3 is 9.84 Å². The van der Waals surface area contributed by atoms with Gasteiger partial charge in [0.05, 0.1) is 0 Å². The van der Waals surface area contributed by atoms with E-state index in [2.05, 4.69) is 15.5 Å². The number of halogens is 1. The number of nitrogens with zero attached hydrogens (tertiary/aromatic N) is 2. The first-order chi connectivity index (χ1) is 11.2. The van der Waals surface area contributed by atoms with Crippen LogP contribution >= 0.6 is 11.3 Å². The molecule has 0 radical (unpaired) electrons. The number of rotatable bonds is 6. The maximum absolute atomic E-state index is 12.8. The monoisotopic (exact) mass is 331 g/mol. The number of carbonyl (C=O) groups excluding carboxylic acids is 1. The zero-order chi connectivity index (χ0) is 16.1. The van der Waals surface area contributed by atoms with Gasteiger partial charge in [-0.3, -0.25) is 4.79 Å². The van der Waals surface area contributed by atoms with Gasteiger partial charge in [0.25, 0.3) is 0 Å². The van der Waals surface area contributed by atoms with Crippen LogP contribution in [0.15, 0.2) is 45.6 Å². The minimum Gasteiger partial charge on any atom is -0.352 e. The second-order valence-electron chi connectivity index (χ2n) is 4.93. The molecule has 3 aromatic rings. The Morgan fingerprint density at radius 2 is 2.09 bits per heavy atom. The van der Waals surface area contributed by atoms with Crippen molar-refractivity contribution >= 4 is 17.2 Å². The third-order valence-corrected chi connectivity index (χ3v) is 3.90. The van der Waals surface area contributed by atoms with E-state index in [1.807, 2.05) is 16.8 Å². The predicted molar refractivity (Wildman–Crippen MR) is 84.2 cm³/mol. The fourth-order valence-corrected chi connectivity index (χ4v) is 2.61. The Hall–Kier alpha value is -2.54. The number of hydrogen-bond acceptors (Lipinski definition) is 5. The molecule has 0 unspecified atom stereocenters. The maximum atomic E-state index is 12.8. The lowest BCUT2D eigenvalue weighted by Gasteiger charge is -2.04. The van der Waals surface area contributed by atoms with E-state index in [0.717, 1.165) is 11.1 Å². The van der Waals surface area contributed by atoms with Gasteiger partial charge in [-0.25, -0.2) is 4.39 Å². The summed E-state index contributed by atoms with van der Waals surface area (Å²) in [4.78, 5) is 16.1. The molecule has 2 aromatic heterocycles. The van der Waals surface area contributed by atoms with Gasteiger partial charge in [-0.2, -0.15) is 16.3 Å². The van der Waals surface area contributed by atoms with Crippen molar-refractivity contribution in [3.63, 3.8) is 0 Å². The van der Waals surface area contributed by atoms with E-state index in [1.54, 1.807) is 23.5 Å². The van der Waals surface area contributed by atoms with E-state index in [-0.39, 0.29) is 18.1 Å². The van der Waals surface area contributed by atoms with E-state index in [0.29, 0.717) is 24.7 Å². The summed E-state index contributed by atoms with van der Waals surface area (Å²) >= 11 is 1.56. The molecule has 0 bridgehead atoms. The fourth-order valence-electron chi connectivity index (χ4n) is 1.98. The number of amides is 1. The van der Waals surface area contributed by atoms with Crippen LogP contribution in [0.3, 0.4) is 0 Å². The first kappa shape index (κ1) is 15.4. The lowest BCUT2D eigenvalue weighted by molar-refractivity contribution is -0.121. The molecule has 23 heavy (non-hydrogen) atoms. The van der Waals surface area contributed by atoms with Gasteiger partial charge in [-0.1, -0.05) is 17.3 Å². The first-order valence-corrected chi connectivity index (χ1v) is 8.01. The molecule has 1 aromatic carbocycles. The second-order valence-corrected chi connectivity index (χ2v) is 5.71. The first-order valence-electron chi connectivity index (χ1n) is 7.07. The van der Waals surface area contributed by atoms with Gasteiger partial charge in [0, 0.05) is 30.3 Å². The maximum Gasteiger partial charge on any atom is 0.227 e. The topological polar surface area (TPSA) is 68.0 Å². The van der Waals surface area contributed by atoms with Crippen molar-refractivity contribution in [1.82, 2.24) is 15.5 Å². The van der Waals surface area contributed by atoms with Crippen LogP contribution in [0.25, 0.3) is 11.4 Å². The molecule has 7 heteroatoms. The summed E-state index contributed by atoms with van der Waals surface area (Å²) in [5, 5.41) is 10.5. The third-order valence-electron chi connectivity index (χ3n) is 3.22. The van der Waals surface area contributed by atoms with Gasteiger partial charge >= 0.3 is 0 Å². The van der Waals surface area contributed by atoms with Crippen molar-refractivity contribution in [3.05, 3.63) is 58.4 Å².